The van der Waals surface area contributed by atoms with Gasteiger partial charge in [-0.25, -0.2) is 0 Å². The zero-order valence-electron chi connectivity index (χ0n) is 8.41. The van der Waals surface area contributed by atoms with Crippen LogP contribution in [0.4, 0.5) is 5.69 Å². The first-order chi connectivity index (χ1) is 7.19. The number of anilines is 1. The van der Waals surface area contributed by atoms with Gasteiger partial charge in [-0.05, 0) is 12.1 Å². The summed E-state index contributed by atoms with van der Waals surface area (Å²) in [6, 6.07) is 4.85. The minimum absolute atomic E-state index is 0.185. The lowest BCUT2D eigenvalue weighted by Gasteiger charge is -2.07. The van der Waals surface area contributed by atoms with E-state index in [1.165, 1.54) is 7.11 Å². The third-order valence-electron chi connectivity index (χ3n) is 1.85. The van der Waals surface area contributed by atoms with Gasteiger partial charge in [0.2, 0.25) is 0 Å². The zero-order valence-corrected chi connectivity index (χ0v) is 8.41. The number of ether oxygens (including phenoxy) is 1. The van der Waals surface area contributed by atoms with E-state index in [2.05, 4.69) is 11.2 Å². The Morgan fingerprint density at radius 2 is 2.40 bits per heavy atom. The van der Waals surface area contributed by atoms with Crippen molar-refractivity contribution in [1.29, 1.82) is 0 Å². The van der Waals surface area contributed by atoms with Crippen molar-refractivity contribution < 1.29 is 9.53 Å². The van der Waals surface area contributed by atoms with Gasteiger partial charge in [-0.2, -0.15) is 0 Å². The first-order valence-corrected chi connectivity index (χ1v) is 4.34. The van der Waals surface area contributed by atoms with Gasteiger partial charge in [0.15, 0.2) is 0 Å². The van der Waals surface area contributed by atoms with Crippen molar-refractivity contribution >= 4 is 11.6 Å². The highest BCUT2D eigenvalue weighted by Crippen LogP contribution is 2.19. The summed E-state index contributed by atoms with van der Waals surface area (Å²) in [6.07, 6.45) is 5.02. The molecule has 0 aromatic heterocycles. The molecule has 0 saturated heterocycles. The first kappa shape index (κ1) is 10.9. The van der Waals surface area contributed by atoms with Crippen LogP contribution >= 0.6 is 0 Å². The van der Waals surface area contributed by atoms with E-state index in [4.69, 9.17) is 16.9 Å². The number of benzene rings is 1. The molecule has 0 spiro atoms. The number of methoxy groups -OCH3 is 1. The molecule has 0 saturated carbocycles. The average Bonchev–Trinajstić information content (AvgIpc) is 2.25. The number of rotatable bonds is 3. The van der Waals surface area contributed by atoms with Gasteiger partial charge in [0.25, 0.3) is 5.91 Å². The van der Waals surface area contributed by atoms with E-state index in [9.17, 15) is 4.79 Å². The molecule has 1 amide bonds. The second-order valence-corrected chi connectivity index (χ2v) is 2.84. The summed E-state index contributed by atoms with van der Waals surface area (Å²) >= 11 is 0. The third-order valence-corrected chi connectivity index (χ3v) is 1.85. The molecule has 15 heavy (non-hydrogen) atoms. The summed E-state index contributed by atoms with van der Waals surface area (Å²) in [7, 11) is 1.53. The predicted octanol–water partition coefficient (Wildman–Crippen LogP) is 0.640. The Balaban J connectivity index is 2.86. The molecular weight excluding hydrogens is 192 g/mol. The van der Waals surface area contributed by atoms with Crippen LogP contribution in [-0.4, -0.2) is 19.6 Å². The Hall–Kier alpha value is -2.15. The van der Waals surface area contributed by atoms with Crippen LogP contribution in [0.1, 0.15) is 10.4 Å². The number of nitrogens with two attached hydrogens (primary N) is 1. The minimum Gasteiger partial charge on any atom is -0.497 e. The fraction of sp³-hybridized carbons (Fsp3) is 0.182. The molecule has 0 heterocycles. The molecule has 78 valence electrons. The molecule has 0 fully saturated rings. The molecule has 1 aromatic carbocycles. The summed E-state index contributed by atoms with van der Waals surface area (Å²) in [4.78, 5) is 11.5. The van der Waals surface area contributed by atoms with Crippen molar-refractivity contribution in [3.8, 4) is 18.1 Å². The van der Waals surface area contributed by atoms with Crippen LogP contribution in [0.15, 0.2) is 18.2 Å². The fourth-order valence-electron chi connectivity index (χ4n) is 1.10. The zero-order chi connectivity index (χ0) is 11.3. The molecule has 4 nitrogen and oxygen atoms in total. The summed E-state index contributed by atoms with van der Waals surface area (Å²) < 4.78 is 4.97. The predicted molar refractivity (Wildman–Crippen MR) is 58.6 cm³/mol. The Bertz CT molecular complexity index is 408. The van der Waals surface area contributed by atoms with Gasteiger partial charge in [-0.15, -0.1) is 6.42 Å². The summed E-state index contributed by atoms with van der Waals surface area (Å²) in [5.74, 6) is 2.64. The molecule has 0 aliphatic rings. The van der Waals surface area contributed by atoms with E-state index >= 15 is 0 Å². The summed E-state index contributed by atoms with van der Waals surface area (Å²) in [6.45, 7) is 0.185. The van der Waals surface area contributed by atoms with Crippen LogP contribution in [0.25, 0.3) is 0 Å². The number of carbonyl (C=O) groups is 1. The number of hydrogen-bond donors (Lipinski definition) is 2. The smallest absolute Gasteiger partial charge is 0.254 e. The molecule has 0 unspecified atom stereocenters. The van der Waals surface area contributed by atoms with Crippen LogP contribution in [0, 0.1) is 12.3 Å². The number of terminal acetylenes is 1. The Morgan fingerprint density at radius 1 is 1.67 bits per heavy atom. The van der Waals surface area contributed by atoms with Gasteiger partial charge in [0.1, 0.15) is 5.75 Å². The van der Waals surface area contributed by atoms with E-state index in [0.717, 1.165) is 0 Å². The maximum Gasteiger partial charge on any atom is 0.254 e. The van der Waals surface area contributed by atoms with E-state index in [0.29, 0.717) is 17.0 Å². The van der Waals surface area contributed by atoms with E-state index < -0.39 is 0 Å². The topological polar surface area (TPSA) is 64.3 Å². The highest BCUT2D eigenvalue weighted by atomic mass is 16.5. The van der Waals surface area contributed by atoms with Crippen molar-refractivity contribution in [3.05, 3.63) is 23.8 Å². The van der Waals surface area contributed by atoms with E-state index in [-0.39, 0.29) is 12.5 Å². The number of carbonyl (C=O) groups excluding carboxylic acids is 1. The van der Waals surface area contributed by atoms with Crippen molar-refractivity contribution in [1.82, 2.24) is 5.32 Å². The maximum absolute atomic E-state index is 11.5. The maximum atomic E-state index is 11.5. The standard InChI is InChI=1S/C11H12N2O2/c1-3-6-13-11(14)9-5-4-8(15-2)7-10(9)12/h1,4-5,7H,6,12H2,2H3,(H,13,14). The second kappa shape index (κ2) is 4.91. The van der Waals surface area contributed by atoms with Gasteiger partial charge in [0, 0.05) is 11.8 Å². The van der Waals surface area contributed by atoms with Crippen LogP contribution in [0.3, 0.4) is 0 Å². The SMILES string of the molecule is C#CCNC(=O)c1ccc(OC)cc1N. The van der Waals surface area contributed by atoms with Gasteiger partial charge < -0.3 is 15.8 Å². The number of nitrogens with one attached hydrogen (secondary N) is 1. The van der Waals surface area contributed by atoms with Crippen LogP contribution in [-0.2, 0) is 0 Å². The van der Waals surface area contributed by atoms with Crippen molar-refractivity contribution in [2.24, 2.45) is 0 Å². The van der Waals surface area contributed by atoms with Crippen molar-refractivity contribution in [2.75, 3.05) is 19.4 Å². The van der Waals surface area contributed by atoms with Gasteiger partial charge >= 0.3 is 0 Å². The fourth-order valence-corrected chi connectivity index (χ4v) is 1.10. The Kier molecular flexibility index (Phi) is 3.58. The molecule has 0 atom stereocenters. The molecule has 0 aliphatic heterocycles. The molecule has 0 aliphatic carbocycles. The molecule has 0 radical (unpaired) electrons. The number of nitrogen functional groups attached to an aromatic ring is 1. The van der Waals surface area contributed by atoms with E-state index in [1.807, 2.05) is 0 Å². The van der Waals surface area contributed by atoms with Gasteiger partial charge in [0.05, 0.1) is 19.2 Å². The number of hydrogen-bond acceptors (Lipinski definition) is 3. The molecular formula is C11H12N2O2. The average molecular weight is 204 g/mol. The Labute approximate surface area is 88.4 Å². The molecule has 0 bridgehead atoms. The quantitative estimate of drug-likeness (QED) is 0.561. The Morgan fingerprint density at radius 3 is 2.93 bits per heavy atom. The lowest BCUT2D eigenvalue weighted by atomic mass is 10.1. The summed E-state index contributed by atoms with van der Waals surface area (Å²) in [5, 5.41) is 2.53. The van der Waals surface area contributed by atoms with Crippen LogP contribution < -0.4 is 15.8 Å². The number of amides is 1. The van der Waals surface area contributed by atoms with Gasteiger partial charge in [-0.1, -0.05) is 5.92 Å². The molecule has 1 rings (SSSR count). The highest BCUT2D eigenvalue weighted by molar-refractivity contribution is 5.99. The largest absolute Gasteiger partial charge is 0.497 e. The third kappa shape index (κ3) is 2.64. The lowest BCUT2D eigenvalue weighted by molar-refractivity contribution is 0.0959. The van der Waals surface area contributed by atoms with Crippen LogP contribution in [0.2, 0.25) is 0 Å². The summed E-state index contributed by atoms with van der Waals surface area (Å²) in [5.41, 5.74) is 6.44. The normalized spacial score (nSPS) is 9.07. The van der Waals surface area contributed by atoms with Crippen molar-refractivity contribution in [3.63, 3.8) is 0 Å². The van der Waals surface area contributed by atoms with Crippen molar-refractivity contribution in [2.45, 2.75) is 0 Å². The lowest BCUT2D eigenvalue weighted by Crippen LogP contribution is -2.24. The molecule has 3 N–H and O–H groups in total. The minimum atomic E-state index is -0.284. The second-order valence-electron chi connectivity index (χ2n) is 2.84. The monoisotopic (exact) mass is 204 g/mol. The van der Waals surface area contributed by atoms with Gasteiger partial charge in [-0.3, -0.25) is 4.79 Å². The first-order valence-electron chi connectivity index (χ1n) is 4.34. The van der Waals surface area contributed by atoms with Crippen LogP contribution in [0.5, 0.6) is 5.75 Å². The molecule has 4 heteroatoms. The van der Waals surface area contributed by atoms with E-state index in [1.54, 1.807) is 18.2 Å². The molecule has 1 aromatic rings. The highest BCUT2D eigenvalue weighted by Gasteiger charge is 2.08.